The second-order valence-corrected chi connectivity index (χ2v) is 9.52. The van der Waals surface area contributed by atoms with Gasteiger partial charge in [0.25, 0.3) is 11.8 Å². The van der Waals surface area contributed by atoms with Crippen LogP contribution in [0.3, 0.4) is 0 Å². The molecule has 1 aliphatic heterocycles. The van der Waals surface area contributed by atoms with E-state index in [9.17, 15) is 40.7 Å². The molecule has 1 heterocycles. The van der Waals surface area contributed by atoms with Gasteiger partial charge in [-0.1, -0.05) is 38.1 Å². The fraction of sp³-hybridized carbons (Fsp3) is 0.320. The maximum atomic E-state index is 14.8. The Kier molecular flexibility index (Phi) is 5.81. The molecule has 0 spiro atoms. The van der Waals surface area contributed by atoms with Crippen molar-refractivity contribution >= 4 is 23.3 Å². The fourth-order valence-electron chi connectivity index (χ4n) is 4.68. The number of hydrogen-bond donors (Lipinski definition) is 1. The zero-order chi connectivity index (χ0) is 26.7. The third-order valence-electron chi connectivity index (χ3n) is 6.22. The monoisotopic (exact) mass is 510 g/mol. The standard InChI is InChI=1S/C25H20F6N2O3/c1-22(2)12-17-19(18(34)13-22)23(25(29,30)31,32-20(35)14-7-4-3-5-8-14)21(36)33(17)16-10-6-9-15(11-16)24(26,27)28/h3-11H,12-13H2,1-2H3,(H,32,35). The number of carbonyl (C=O) groups is 3. The van der Waals surface area contributed by atoms with Crippen LogP contribution in [0.15, 0.2) is 65.9 Å². The highest BCUT2D eigenvalue weighted by Gasteiger charge is 2.72. The maximum Gasteiger partial charge on any atom is 0.425 e. The van der Waals surface area contributed by atoms with E-state index in [2.05, 4.69) is 0 Å². The van der Waals surface area contributed by atoms with Crippen molar-refractivity contribution in [2.24, 2.45) is 5.41 Å². The average molecular weight is 510 g/mol. The molecule has 1 atom stereocenters. The second-order valence-electron chi connectivity index (χ2n) is 9.52. The van der Waals surface area contributed by atoms with Crippen LogP contribution >= 0.6 is 0 Å². The molecule has 0 bridgehead atoms. The first-order valence-corrected chi connectivity index (χ1v) is 10.8. The third kappa shape index (κ3) is 4.06. The number of carbonyl (C=O) groups excluding carboxylic acids is 3. The smallest absolute Gasteiger partial charge is 0.326 e. The Labute approximate surface area is 201 Å². The van der Waals surface area contributed by atoms with Gasteiger partial charge in [-0.05, 0) is 42.2 Å². The Bertz CT molecular complexity index is 1280. The van der Waals surface area contributed by atoms with Gasteiger partial charge < -0.3 is 5.32 Å². The molecule has 0 saturated carbocycles. The highest BCUT2D eigenvalue weighted by molar-refractivity contribution is 6.21. The summed E-state index contributed by atoms with van der Waals surface area (Å²) in [6, 6.07) is 10.0. The molecule has 0 fully saturated rings. The second kappa shape index (κ2) is 8.21. The zero-order valence-corrected chi connectivity index (χ0v) is 19.1. The number of Topliss-reactive ketones (excluding diaryl/α,β-unsaturated/α-hetero) is 1. The highest BCUT2D eigenvalue weighted by atomic mass is 19.4. The van der Waals surface area contributed by atoms with E-state index in [1.54, 1.807) is 19.2 Å². The minimum Gasteiger partial charge on any atom is -0.326 e. The van der Waals surface area contributed by atoms with Crippen molar-refractivity contribution in [1.82, 2.24) is 5.32 Å². The van der Waals surface area contributed by atoms with Crippen molar-refractivity contribution < 1.29 is 40.7 Å². The Hall–Kier alpha value is -3.63. The van der Waals surface area contributed by atoms with Crippen LogP contribution in [-0.4, -0.2) is 29.3 Å². The lowest BCUT2D eigenvalue weighted by atomic mass is 9.72. The van der Waals surface area contributed by atoms with Gasteiger partial charge in [-0.25, -0.2) is 0 Å². The van der Waals surface area contributed by atoms with Gasteiger partial charge in [-0.15, -0.1) is 0 Å². The molecule has 2 aromatic rings. The summed E-state index contributed by atoms with van der Waals surface area (Å²) in [5, 5.41) is 1.74. The quantitative estimate of drug-likeness (QED) is 0.561. The predicted molar refractivity (Wildman–Crippen MR) is 117 cm³/mol. The molecule has 190 valence electrons. The Morgan fingerprint density at radius 2 is 1.56 bits per heavy atom. The van der Waals surface area contributed by atoms with Gasteiger partial charge in [-0.2, -0.15) is 26.3 Å². The number of alkyl halides is 6. The summed E-state index contributed by atoms with van der Waals surface area (Å²) in [4.78, 5) is 40.2. The van der Waals surface area contributed by atoms with E-state index in [0.29, 0.717) is 17.0 Å². The molecule has 36 heavy (non-hydrogen) atoms. The van der Waals surface area contributed by atoms with Gasteiger partial charge in [0.15, 0.2) is 5.78 Å². The van der Waals surface area contributed by atoms with Crippen LogP contribution in [0.5, 0.6) is 0 Å². The van der Waals surface area contributed by atoms with Gasteiger partial charge >= 0.3 is 12.4 Å². The summed E-state index contributed by atoms with van der Waals surface area (Å²) in [5.74, 6) is -4.05. The van der Waals surface area contributed by atoms with Crippen molar-refractivity contribution in [3.8, 4) is 0 Å². The molecule has 2 aromatic carbocycles. The number of nitrogens with one attached hydrogen (secondary N) is 1. The predicted octanol–water partition coefficient (Wildman–Crippen LogP) is 5.43. The van der Waals surface area contributed by atoms with Crippen LogP contribution in [-0.2, 0) is 15.8 Å². The number of nitrogens with zero attached hydrogens (tertiary/aromatic N) is 1. The Balaban J connectivity index is 1.96. The summed E-state index contributed by atoms with van der Waals surface area (Å²) in [5.41, 5.74) is -7.88. The van der Waals surface area contributed by atoms with Crippen LogP contribution < -0.4 is 10.2 Å². The normalized spacial score (nSPS) is 22.1. The lowest BCUT2D eigenvalue weighted by Crippen LogP contribution is -2.66. The number of rotatable bonds is 3. The first-order chi connectivity index (χ1) is 16.6. The largest absolute Gasteiger partial charge is 0.425 e. The summed E-state index contributed by atoms with van der Waals surface area (Å²) >= 11 is 0. The number of benzene rings is 2. The third-order valence-corrected chi connectivity index (χ3v) is 6.22. The van der Waals surface area contributed by atoms with E-state index in [1.807, 2.05) is 0 Å². The number of allylic oxidation sites excluding steroid dienone is 1. The van der Waals surface area contributed by atoms with E-state index in [0.717, 1.165) is 12.1 Å². The SMILES string of the molecule is CC1(C)CC(=O)C2=C(C1)N(c1cccc(C(F)(F)F)c1)C(=O)C2(NC(=O)c1ccccc1)C(F)(F)F. The van der Waals surface area contributed by atoms with Crippen LogP contribution in [0.25, 0.3) is 0 Å². The minimum absolute atomic E-state index is 0.197. The van der Waals surface area contributed by atoms with Crippen molar-refractivity contribution in [3.05, 3.63) is 77.0 Å². The molecule has 1 N–H and O–H groups in total. The molecule has 0 aromatic heterocycles. The number of ketones is 1. The highest BCUT2D eigenvalue weighted by Crippen LogP contribution is 2.53. The Morgan fingerprint density at radius 3 is 2.14 bits per heavy atom. The molecule has 4 rings (SSSR count). The summed E-state index contributed by atoms with van der Waals surface area (Å²) < 4.78 is 84.5. The maximum absolute atomic E-state index is 14.8. The van der Waals surface area contributed by atoms with E-state index in [-0.39, 0.29) is 24.1 Å². The van der Waals surface area contributed by atoms with Crippen molar-refractivity contribution in [3.63, 3.8) is 0 Å². The van der Waals surface area contributed by atoms with Crippen molar-refractivity contribution in [1.29, 1.82) is 0 Å². The average Bonchev–Trinajstić information content (AvgIpc) is 3.01. The molecule has 5 nitrogen and oxygen atoms in total. The Morgan fingerprint density at radius 1 is 0.917 bits per heavy atom. The topological polar surface area (TPSA) is 66.5 Å². The molecular weight excluding hydrogens is 490 g/mol. The zero-order valence-electron chi connectivity index (χ0n) is 19.1. The molecule has 0 radical (unpaired) electrons. The fourth-order valence-corrected chi connectivity index (χ4v) is 4.68. The summed E-state index contributed by atoms with van der Waals surface area (Å²) in [6.07, 6.45) is -10.9. The minimum atomic E-state index is -5.48. The van der Waals surface area contributed by atoms with Crippen LogP contribution in [0.4, 0.5) is 32.0 Å². The summed E-state index contributed by atoms with van der Waals surface area (Å²) in [7, 11) is 0. The molecule has 1 aliphatic carbocycles. The lowest BCUT2D eigenvalue weighted by molar-refractivity contribution is -0.186. The first kappa shape index (κ1) is 25.5. The van der Waals surface area contributed by atoms with E-state index in [4.69, 9.17) is 0 Å². The molecule has 2 amide bonds. The van der Waals surface area contributed by atoms with Gasteiger partial charge in [0.1, 0.15) is 0 Å². The van der Waals surface area contributed by atoms with Crippen LogP contribution in [0.2, 0.25) is 0 Å². The van der Waals surface area contributed by atoms with Gasteiger partial charge in [0, 0.05) is 23.4 Å². The molecule has 1 unspecified atom stereocenters. The summed E-state index contributed by atoms with van der Waals surface area (Å²) in [6.45, 7) is 3.19. The number of hydrogen-bond acceptors (Lipinski definition) is 3. The number of anilines is 1. The van der Waals surface area contributed by atoms with E-state index < -0.39 is 57.7 Å². The number of amides is 2. The van der Waals surface area contributed by atoms with E-state index >= 15 is 0 Å². The van der Waals surface area contributed by atoms with E-state index in [1.165, 1.54) is 30.3 Å². The lowest BCUT2D eigenvalue weighted by Gasteiger charge is -2.35. The van der Waals surface area contributed by atoms with Crippen molar-refractivity contribution in [2.75, 3.05) is 4.90 Å². The van der Waals surface area contributed by atoms with Gasteiger partial charge in [-0.3, -0.25) is 19.3 Å². The first-order valence-electron chi connectivity index (χ1n) is 10.8. The van der Waals surface area contributed by atoms with Gasteiger partial charge in [0.05, 0.1) is 11.1 Å². The van der Waals surface area contributed by atoms with Crippen molar-refractivity contribution in [2.45, 2.75) is 44.6 Å². The molecular formula is C25H20F6N2O3. The van der Waals surface area contributed by atoms with Crippen LogP contribution in [0, 0.1) is 5.41 Å². The molecule has 0 saturated heterocycles. The number of halogens is 6. The van der Waals surface area contributed by atoms with Crippen LogP contribution in [0.1, 0.15) is 42.6 Å². The molecule has 2 aliphatic rings. The van der Waals surface area contributed by atoms with Gasteiger partial charge in [0.2, 0.25) is 5.54 Å². The molecule has 11 heteroatoms.